The van der Waals surface area contributed by atoms with E-state index in [2.05, 4.69) is 50.2 Å². The summed E-state index contributed by atoms with van der Waals surface area (Å²) in [6.45, 7) is 2.56. The molecule has 284 valence electrons. The molecule has 50 heavy (non-hydrogen) atoms. The van der Waals surface area contributed by atoms with Crippen molar-refractivity contribution in [3.05, 3.63) is 24.3 Å². The maximum atomic E-state index is 13.2. The van der Waals surface area contributed by atoms with Crippen LogP contribution in [0.2, 0.25) is 0 Å². The van der Waals surface area contributed by atoms with E-state index in [0.717, 1.165) is 94.8 Å². The summed E-state index contributed by atoms with van der Waals surface area (Å²) in [5.74, 6) is 1.35. The molecule has 0 saturated heterocycles. The van der Waals surface area contributed by atoms with Gasteiger partial charge in [-0.2, -0.15) is 0 Å². The first-order valence-electron chi connectivity index (χ1n) is 20.7. The molecule has 7 nitrogen and oxygen atoms in total. The van der Waals surface area contributed by atoms with Crippen LogP contribution < -0.4 is 0 Å². The molecule has 0 N–H and O–H groups in total. The molecule has 5 saturated carbocycles. The second kappa shape index (κ2) is 22.0. The van der Waals surface area contributed by atoms with E-state index in [1.165, 1.54) is 57.8 Å². The molecular weight excluding hydrogens is 626 g/mol. The Bertz CT molecular complexity index is 1040. The lowest BCUT2D eigenvalue weighted by molar-refractivity contribution is -0.159. The smallest absolute Gasteiger partial charge is 0.308 e. The number of nitrogens with zero attached hydrogens (tertiary/aromatic N) is 1. The molecule has 0 spiro atoms. The molecule has 0 heterocycles. The molecule has 1 unspecified atom stereocenters. The van der Waals surface area contributed by atoms with E-state index >= 15 is 0 Å². The lowest BCUT2D eigenvalue weighted by atomic mass is 9.49. The van der Waals surface area contributed by atoms with Gasteiger partial charge in [0, 0.05) is 12.5 Å². The summed E-state index contributed by atoms with van der Waals surface area (Å²) in [5, 5.41) is 0. The van der Waals surface area contributed by atoms with Gasteiger partial charge >= 0.3 is 17.9 Å². The molecule has 4 bridgehead atoms. The van der Waals surface area contributed by atoms with Gasteiger partial charge in [0.2, 0.25) is 0 Å². The van der Waals surface area contributed by atoms with Crippen LogP contribution in [-0.4, -0.2) is 62.8 Å². The number of unbranched alkanes of at least 4 members (excludes halogenated alkanes) is 8. The van der Waals surface area contributed by atoms with Gasteiger partial charge in [0.05, 0.1) is 18.3 Å². The van der Waals surface area contributed by atoms with Crippen molar-refractivity contribution in [2.24, 2.45) is 35.0 Å². The van der Waals surface area contributed by atoms with Crippen LogP contribution in [0.4, 0.5) is 0 Å². The van der Waals surface area contributed by atoms with E-state index in [-0.39, 0.29) is 55.0 Å². The Labute approximate surface area is 304 Å². The molecule has 0 aliphatic heterocycles. The molecule has 0 aromatic rings. The summed E-state index contributed by atoms with van der Waals surface area (Å²) in [5.41, 5.74) is 0.118. The van der Waals surface area contributed by atoms with Crippen LogP contribution in [0.5, 0.6) is 0 Å². The third-order valence-electron chi connectivity index (χ3n) is 12.2. The number of carbonyl (C=O) groups is 3. The van der Waals surface area contributed by atoms with E-state index in [4.69, 9.17) is 14.2 Å². The van der Waals surface area contributed by atoms with Gasteiger partial charge in [0.25, 0.3) is 0 Å². The van der Waals surface area contributed by atoms with Gasteiger partial charge in [-0.3, -0.25) is 14.4 Å². The Hall–Kier alpha value is -2.15. The van der Waals surface area contributed by atoms with Gasteiger partial charge in [0.15, 0.2) is 0 Å². The Balaban J connectivity index is 1.12. The van der Waals surface area contributed by atoms with Gasteiger partial charge in [-0.15, -0.1) is 0 Å². The van der Waals surface area contributed by atoms with Crippen LogP contribution in [0.3, 0.4) is 0 Å². The first-order valence-corrected chi connectivity index (χ1v) is 20.7. The van der Waals surface area contributed by atoms with Crippen molar-refractivity contribution in [2.75, 3.05) is 33.9 Å². The Morgan fingerprint density at radius 1 is 0.680 bits per heavy atom. The maximum absolute atomic E-state index is 13.2. The predicted octanol–water partition coefficient (Wildman–Crippen LogP) is 9.77. The molecule has 5 fully saturated rings. The monoisotopic (exact) mass is 698 g/mol. The number of carbonyl (C=O) groups excluding carboxylic acids is 3. The third kappa shape index (κ3) is 14.5. The van der Waals surface area contributed by atoms with Gasteiger partial charge in [-0.1, -0.05) is 63.3 Å². The number of rotatable bonds is 24. The third-order valence-corrected chi connectivity index (χ3v) is 12.2. The number of hydrogen-bond acceptors (Lipinski definition) is 7. The van der Waals surface area contributed by atoms with Crippen LogP contribution in [0.15, 0.2) is 24.3 Å². The van der Waals surface area contributed by atoms with Gasteiger partial charge in [-0.25, -0.2) is 0 Å². The topological polar surface area (TPSA) is 82.1 Å². The van der Waals surface area contributed by atoms with Crippen LogP contribution >= 0.6 is 0 Å². The zero-order valence-corrected chi connectivity index (χ0v) is 32.1. The molecule has 0 aromatic heterocycles. The average Bonchev–Trinajstić information content (AvgIpc) is 3.08. The summed E-state index contributed by atoms with van der Waals surface area (Å²) in [6, 6.07) is 0.513. The van der Waals surface area contributed by atoms with E-state index in [9.17, 15) is 14.4 Å². The maximum Gasteiger partial charge on any atom is 0.308 e. The summed E-state index contributed by atoms with van der Waals surface area (Å²) < 4.78 is 17.3. The summed E-state index contributed by atoms with van der Waals surface area (Å²) in [4.78, 5) is 41.0. The highest BCUT2D eigenvalue weighted by atomic mass is 16.6. The molecule has 0 aromatic carbocycles. The van der Waals surface area contributed by atoms with E-state index in [0.29, 0.717) is 18.9 Å². The lowest BCUT2D eigenvalue weighted by Gasteiger charge is -2.56. The standard InChI is InChI=1S/C43H71NO6/c1-4-5-6-7-8-9-10-11-12-13-14-15-16-17-18-19-40(45)48-31-37(33-50-42(47)38-20-22-39(23-21-38)44(2)3)32-49-41(46)30-43-27-34-24-35(28-43)26-36(25-34)29-43/h8-9,11-12,34-39H,4-7,10,13-33H2,1-3H3/b9-8-,12-11-. The second-order valence-corrected chi connectivity index (χ2v) is 16.9. The minimum Gasteiger partial charge on any atom is -0.465 e. The summed E-state index contributed by atoms with van der Waals surface area (Å²) in [6.07, 6.45) is 33.7. The van der Waals surface area contributed by atoms with Crippen molar-refractivity contribution in [2.45, 2.75) is 161 Å². The predicted molar refractivity (Wildman–Crippen MR) is 200 cm³/mol. The number of ether oxygens (including phenoxy) is 3. The molecule has 5 aliphatic carbocycles. The first-order chi connectivity index (χ1) is 24.2. The fourth-order valence-electron chi connectivity index (χ4n) is 9.73. The highest BCUT2D eigenvalue weighted by Gasteiger charge is 2.51. The molecular formula is C43H71NO6. The van der Waals surface area contributed by atoms with Crippen molar-refractivity contribution in [3.8, 4) is 0 Å². The van der Waals surface area contributed by atoms with Crippen molar-refractivity contribution < 1.29 is 28.6 Å². The Morgan fingerprint density at radius 3 is 1.82 bits per heavy atom. The quantitative estimate of drug-likeness (QED) is 0.0430. The highest BCUT2D eigenvalue weighted by molar-refractivity contribution is 5.72. The molecule has 7 heteroatoms. The summed E-state index contributed by atoms with van der Waals surface area (Å²) in [7, 11) is 4.19. The zero-order chi connectivity index (χ0) is 35.6. The van der Waals surface area contributed by atoms with Crippen LogP contribution in [0.25, 0.3) is 0 Å². The minimum atomic E-state index is -0.356. The Morgan fingerprint density at radius 2 is 1.22 bits per heavy atom. The van der Waals surface area contributed by atoms with E-state index in [1.807, 2.05) is 0 Å². The van der Waals surface area contributed by atoms with Crippen LogP contribution in [0, 0.1) is 35.0 Å². The van der Waals surface area contributed by atoms with E-state index in [1.54, 1.807) is 0 Å². The summed E-state index contributed by atoms with van der Waals surface area (Å²) >= 11 is 0. The average molecular weight is 698 g/mol. The molecule has 1 atom stereocenters. The fraction of sp³-hybridized carbons (Fsp3) is 0.837. The second-order valence-electron chi connectivity index (χ2n) is 16.9. The molecule has 0 amide bonds. The van der Waals surface area contributed by atoms with Crippen molar-refractivity contribution in [1.82, 2.24) is 4.90 Å². The SMILES string of the molecule is CCCCC/C=C\C/C=C\CCCCCCCC(=O)OCC(COC(=O)CC12CC3CC(CC(C3)C1)C2)COC(=O)C1CCC(N(C)C)CC1. The lowest BCUT2D eigenvalue weighted by Crippen LogP contribution is -2.47. The van der Waals surface area contributed by atoms with E-state index < -0.39 is 0 Å². The normalized spacial score (nSPS) is 28.0. The minimum absolute atomic E-state index is 0.0914. The van der Waals surface area contributed by atoms with Crippen molar-refractivity contribution in [3.63, 3.8) is 0 Å². The first kappa shape index (κ1) is 40.6. The van der Waals surface area contributed by atoms with Crippen molar-refractivity contribution in [1.29, 1.82) is 0 Å². The number of hydrogen-bond donors (Lipinski definition) is 0. The zero-order valence-electron chi connectivity index (χ0n) is 32.1. The largest absolute Gasteiger partial charge is 0.465 e. The fourth-order valence-corrected chi connectivity index (χ4v) is 9.73. The molecule has 5 aliphatic rings. The number of esters is 3. The van der Waals surface area contributed by atoms with Crippen LogP contribution in [0.1, 0.15) is 155 Å². The Kier molecular flexibility index (Phi) is 17.9. The van der Waals surface area contributed by atoms with Gasteiger partial charge in [-0.05, 0) is 140 Å². The number of allylic oxidation sites excluding steroid dienone is 4. The highest BCUT2D eigenvalue weighted by Crippen LogP contribution is 2.61. The molecule has 0 radical (unpaired) electrons. The van der Waals surface area contributed by atoms with Gasteiger partial charge < -0.3 is 19.1 Å². The molecule has 5 rings (SSSR count). The van der Waals surface area contributed by atoms with Crippen LogP contribution in [-0.2, 0) is 28.6 Å². The van der Waals surface area contributed by atoms with Gasteiger partial charge in [0.1, 0.15) is 19.8 Å². The van der Waals surface area contributed by atoms with Crippen molar-refractivity contribution >= 4 is 17.9 Å².